The standard InChI is InChI=1S/C26H37N3O4S/c1-8-21(5)27-26(31)22(6)28(16-23-11-9-18(2)10-12-23)25(30)17-29(34(7,32)33)24-14-19(3)13-20(4)15-24/h9-15,21-22H,8,16-17H2,1-7H3,(H,27,31). The molecule has 0 aliphatic carbocycles. The first-order valence-electron chi connectivity index (χ1n) is 11.5. The highest BCUT2D eigenvalue weighted by Gasteiger charge is 2.30. The van der Waals surface area contributed by atoms with E-state index in [4.69, 9.17) is 0 Å². The summed E-state index contributed by atoms with van der Waals surface area (Å²) in [7, 11) is -3.74. The summed E-state index contributed by atoms with van der Waals surface area (Å²) in [5.74, 6) is -0.718. The number of nitrogens with zero attached hydrogens (tertiary/aromatic N) is 2. The number of benzene rings is 2. The quantitative estimate of drug-likeness (QED) is 0.554. The van der Waals surface area contributed by atoms with E-state index in [1.165, 1.54) is 4.90 Å². The minimum atomic E-state index is -3.74. The van der Waals surface area contributed by atoms with Crippen LogP contribution >= 0.6 is 0 Å². The van der Waals surface area contributed by atoms with Crippen LogP contribution < -0.4 is 9.62 Å². The van der Waals surface area contributed by atoms with Crippen LogP contribution in [0.5, 0.6) is 0 Å². The van der Waals surface area contributed by atoms with Crippen LogP contribution in [-0.4, -0.2) is 50.0 Å². The minimum absolute atomic E-state index is 0.0333. The molecule has 0 fully saturated rings. The highest BCUT2D eigenvalue weighted by Crippen LogP contribution is 2.22. The number of aryl methyl sites for hydroxylation is 3. The molecule has 0 heterocycles. The van der Waals surface area contributed by atoms with Crippen LogP contribution in [0.3, 0.4) is 0 Å². The Balaban J connectivity index is 2.41. The minimum Gasteiger partial charge on any atom is -0.352 e. The molecule has 0 aliphatic rings. The summed E-state index contributed by atoms with van der Waals surface area (Å²) in [6.45, 7) is 11.1. The largest absolute Gasteiger partial charge is 0.352 e. The van der Waals surface area contributed by atoms with E-state index in [0.717, 1.165) is 39.2 Å². The lowest BCUT2D eigenvalue weighted by Gasteiger charge is -2.32. The third-order valence-electron chi connectivity index (χ3n) is 5.82. The first-order valence-corrected chi connectivity index (χ1v) is 13.4. The van der Waals surface area contributed by atoms with Crippen molar-refractivity contribution in [2.45, 2.75) is 66.6 Å². The summed E-state index contributed by atoms with van der Waals surface area (Å²) < 4.78 is 26.5. The van der Waals surface area contributed by atoms with Gasteiger partial charge in [0.1, 0.15) is 12.6 Å². The Morgan fingerprint density at radius 3 is 2.00 bits per heavy atom. The molecule has 7 nitrogen and oxygen atoms in total. The average molecular weight is 488 g/mol. The Hall–Kier alpha value is -2.87. The Bertz CT molecular complexity index is 1090. The van der Waals surface area contributed by atoms with E-state index in [2.05, 4.69) is 5.32 Å². The van der Waals surface area contributed by atoms with Crippen molar-refractivity contribution in [1.29, 1.82) is 0 Å². The van der Waals surface area contributed by atoms with E-state index in [0.29, 0.717) is 5.69 Å². The van der Waals surface area contributed by atoms with E-state index in [9.17, 15) is 18.0 Å². The first kappa shape index (κ1) is 27.4. The van der Waals surface area contributed by atoms with Gasteiger partial charge in [0.05, 0.1) is 11.9 Å². The lowest BCUT2D eigenvalue weighted by atomic mass is 10.1. The van der Waals surface area contributed by atoms with Crippen molar-refractivity contribution in [2.75, 3.05) is 17.1 Å². The van der Waals surface area contributed by atoms with Crippen molar-refractivity contribution in [3.05, 3.63) is 64.7 Å². The smallest absolute Gasteiger partial charge is 0.244 e. The number of nitrogens with one attached hydrogen (secondary N) is 1. The van der Waals surface area contributed by atoms with Crippen LogP contribution in [0.15, 0.2) is 42.5 Å². The zero-order chi connectivity index (χ0) is 25.6. The third-order valence-corrected chi connectivity index (χ3v) is 6.96. The molecular weight excluding hydrogens is 450 g/mol. The molecule has 0 saturated heterocycles. The van der Waals surface area contributed by atoms with Gasteiger partial charge in [-0.15, -0.1) is 0 Å². The fourth-order valence-corrected chi connectivity index (χ4v) is 4.48. The molecule has 2 atom stereocenters. The fourth-order valence-electron chi connectivity index (χ4n) is 3.65. The van der Waals surface area contributed by atoms with E-state index in [1.54, 1.807) is 19.1 Å². The van der Waals surface area contributed by atoms with Crippen LogP contribution in [0.1, 0.15) is 49.4 Å². The van der Waals surface area contributed by atoms with Gasteiger partial charge in [-0.05, 0) is 69.9 Å². The van der Waals surface area contributed by atoms with Crippen LogP contribution in [0.2, 0.25) is 0 Å². The Labute approximate surface area is 204 Å². The van der Waals surface area contributed by atoms with Crippen LogP contribution in [0.25, 0.3) is 0 Å². The molecule has 2 aromatic carbocycles. The normalized spacial score (nSPS) is 13.1. The van der Waals surface area contributed by atoms with Crippen molar-refractivity contribution < 1.29 is 18.0 Å². The van der Waals surface area contributed by atoms with Crippen molar-refractivity contribution in [1.82, 2.24) is 10.2 Å². The van der Waals surface area contributed by atoms with Gasteiger partial charge in [-0.25, -0.2) is 8.42 Å². The van der Waals surface area contributed by atoms with Crippen LogP contribution in [-0.2, 0) is 26.2 Å². The van der Waals surface area contributed by atoms with Gasteiger partial charge in [0.15, 0.2) is 0 Å². The number of carbonyl (C=O) groups excluding carboxylic acids is 2. The van der Waals surface area contributed by atoms with Crippen molar-refractivity contribution in [3.63, 3.8) is 0 Å². The maximum Gasteiger partial charge on any atom is 0.244 e. The Morgan fingerprint density at radius 1 is 0.941 bits per heavy atom. The number of amides is 2. The number of rotatable bonds is 10. The zero-order valence-corrected chi connectivity index (χ0v) is 22.1. The van der Waals surface area contributed by atoms with E-state index in [1.807, 2.05) is 65.0 Å². The molecule has 8 heteroatoms. The SMILES string of the molecule is CCC(C)NC(=O)C(C)N(Cc1ccc(C)cc1)C(=O)CN(c1cc(C)cc(C)c1)S(C)(=O)=O. The lowest BCUT2D eigenvalue weighted by molar-refractivity contribution is -0.139. The van der Waals surface area contributed by atoms with Crippen LogP contribution in [0, 0.1) is 20.8 Å². The fraction of sp³-hybridized carbons (Fsp3) is 0.462. The molecule has 186 valence electrons. The second-order valence-corrected chi connectivity index (χ2v) is 11.0. The summed E-state index contributed by atoms with van der Waals surface area (Å²) in [6.07, 6.45) is 1.85. The summed E-state index contributed by atoms with van der Waals surface area (Å²) >= 11 is 0. The van der Waals surface area contributed by atoms with E-state index in [-0.39, 0.29) is 18.5 Å². The van der Waals surface area contributed by atoms with Gasteiger partial charge in [-0.1, -0.05) is 42.8 Å². The zero-order valence-electron chi connectivity index (χ0n) is 21.3. The molecule has 0 radical (unpaired) electrons. The maximum absolute atomic E-state index is 13.6. The van der Waals surface area contributed by atoms with Gasteiger partial charge in [0.2, 0.25) is 21.8 Å². The topological polar surface area (TPSA) is 86.8 Å². The van der Waals surface area contributed by atoms with E-state index >= 15 is 0 Å². The Kier molecular flexibility index (Phi) is 9.27. The number of hydrogen-bond donors (Lipinski definition) is 1. The molecular formula is C26H37N3O4S. The van der Waals surface area contributed by atoms with Crippen molar-refractivity contribution in [2.24, 2.45) is 0 Å². The molecule has 0 spiro atoms. The number of sulfonamides is 1. The molecule has 0 aromatic heterocycles. The van der Waals surface area contributed by atoms with Gasteiger partial charge < -0.3 is 10.2 Å². The van der Waals surface area contributed by atoms with Gasteiger partial charge in [0.25, 0.3) is 0 Å². The highest BCUT2D eigenvalue weighted by molar-refractivity contribution is 7.92. The molecule has 2 aromatic rings. The summed E-state index contributed by atoms with van der Waals surface area (Å²) in [5, 5.41) is 2.93. The number of anilines is 1. The summed E-state index contributed by atoms with van der Waals surface area (Å²) in [4.78, 5) is 27.9. The molecule has 0 saturated carbocycles. The molecule has 2 amide bonds. The van der Waals surface area contributed by atoms with Gasteiger partial charge in [-0.2, -0.15) is 0 Å². The molecule has 34 heavy (non-hydrogen) atoms. The predicted octanol–water partition coefficient (Wildman–Crippen LogP) is 3.71. The molecule has 1 N–H and O–H groups in total. The number of carbonyl (C=O) groups is 2. The van der Waals surface area contributed by atoms with E-state index < -0.39 is 28.5 Å². The van der Waals surface area contributed by atoms with Gasteiger partial charge >= 0.3 is 0 Å². The molecule has 2 rings (SSSR count). The van der Waals surface area contributed by atoms with Gasteiger partial charge in [-0.3, -0.25) is 13.9 Å². The highest BCUT2D eigenvalue weighted by atomic mass is 32.2. The predicted molar refractivity (Wildman–Crippen MR) is 137 cm³/mol. The molecule has 2 unspecified atom stereocenters. The van der Waals surface area contributed by atoms with Crippen molar-refractivity contribution in [3.8, 4) is 0 Å². The average Bonchev–Trinajstić information content (AvgIpc) is 2.74. The number of hydrogen-bond acceptors (Lipinski definition) is 4. The third kappa shape index (κ3) is 7.58. The van der Waals surface area contributed by atoms with Crippen LogP contribution in [0.4, 0.5) is 5.69 Å². The van der Waals surface area contributed by atoms with Crippen molar-refractivity contribution >= 4 is 27.5 Å². The Morgan fingerprint density at radius 2 is 1.50 bits per heavy atom. The summed E-state index contributed by atoms with van der Waals surface area (Å²) in [5.41, 5.74) is 4.17. The molecule has 0 aliphatic heterocycles. The monoisotopic (exact) mass is 487 g/mol. The second-order valence-electron chi connectivity index (χ2n) is 9.12. The summed E-state index contributed by atoms with van der Waals surface area (Å²) in [6, 6.07) is 12.3. The first-order chi connectivity index (χ1) is 15.8. The molecule has 0 bridgehead atoms. The maximum atomic E-state index is 13.6. The second kappa shape index (κ2) is 11.5. The lowest BCUT2D eigenvalue weighted by Crippen LogP contribution is -2.52. The van der Waals surface area contributed by atoms with Gasteiger partial charge in [0, 0.05) is 12.6 Å².